The van der Waals surface area contributed by atoms with Crippen LogP contribution in [0.15, 0.2) is 18.2 Å². The lowest BCUT2D eigenvalue weighted by Gasteiger charge is -2.12. The van der Waals surface area contributed by atoms with Crippen LogP contribution >= 0.6 is 11.6 Å². The number of nitrogens with one attached hydrogen (secondary N) is 2. The van der Waals surface area contributed by atoms with E-state index >= 15 is 0 Å². The summed E-state index contributed by atoms with van der Waals surface area (Å²) in [5, 5.41) is 6.08. The lowest BCUT2D eigenvalue weighted by atomic mass is 10.2. The topological polar surface area (TPSA) is 41.1 Å². The molecule has 3 nitrogen and oxygen atoms in total. The summed E-state index contributed by atoms with van der Waals surface area (Å²) in [7, 11) is 0. The number of hydrogen-bond acceptors (Lipinski definition) is 2. The highest BCUT2D eigenvalue weighted by Crippen LogP contribution is 2.20. The molecule has 1 aliphatic rings. The van der Waals surface area contributed by atoms with Gasteiger partial charge in [-0.15, -0.1) is 0 Å². The van der Waals surface area contributed by atoms with Crippen molar-refractivity contribution < 1.29 is 9.18 Å². The van der Waals surface area contributed by atoms with Gasteiger partial charge in [-0.2, -0.15) is 0 Å². The Kier molecular flexibility index (Phi) is 4.55. The van der Waals surface area contributed by atoms with Crippen molar-refractivity contribution in [3.05, 3.63) is 29.0 Å². The van der Waals surface area contributed by atoms with Crippen molar-refractivity contribution in [1.82, 2.24) is 5.32 Å². The van der Waals surface area contributed by atoms with Gasteiger partial charge in [0, 0.05) is 11.1 Å². The van der Waals surface area contributed by atoms with E-state index in [0.717, 1.165) is 12.8 Å². The van der Waals surface area contributed by atoms with Crippen LogP contribution in [-0.2, 0) is 4.79 Å². The van der Waals surface area contributed by atoms with Crippen molar-refractivity contribution in [3.8, 4) is 0 Å². The van der Waals surface area contributed by atoms with E-state index in [-0.39, 0.29) is 18.1 Å². The van der Waals surface area contributed by atoms with Gasteiger partial charge in [0.1, 0.15) is 5.82 Å². The molecule has 18 heavy (non-hydrogen) atoms. The summed E-state index contributed by atoms with van der Waals surface area (Å²) in [5.74, 6) is -0.725. The second kappa shape index (κ2) is 6.16. The SMILES string of the molecule is O=C(CNC1CCCC1)Nc1cc(Cl)ccc1F. The largest absolute Gasteiger partial charge is 0.322 e. The van der Waals surface area contributed by atoms with Gasteiger partial charge in [-0.05, 0) is 31.0 Å². The van der Waals surface area contributed by atoms with Gasteiger partial charge < -0.3 is 10.6 Å². The van der Waals surface area contributed by atoms with Crippen molar-refractivity contribution in [2.75, 3.05) is 11.9 Å². The summed E-state index contributed by atoms with van der Waals surface area (Å²) in [4.78, 5) is 11.6. The van der Waals surface area contributed by atoms with Crippen LogP contribution in [0.2, 0.25) is 5.02 Å². The molecular weight excluding hydrogens is 255 g/mol. The number of hydrogen-bond donors (Lipinski definition) is 2. The zero-order valence-corrected chi connectivity index (χ0v) is 10.8. The first kappa shape index (κ1) is 13.3. The zero-order chi connectivity index (χ0) is 13.0. The lowest BCUT2D eigenvalue weighted by Crippen LogP contribution is -2.34. The van der Waals surface area contributed by atoms with Gasteiger partial charge in [-0.1, -0.05) is 24.4 Å². The van der Waals surface area contributed by atoms with Crippen LogP contribution in [0.25, 0.3) is 0 Å². The third-order valence-corrected chi connectivity index (χ3v) is 3.34. The molecule has 0 heterocycles. The van der Waals surface area contributed by atoms with Gasteiger partial charge >= 0.3 is 0 Å². The summed E-state index contributed by atoms with van der Waals surface area (Å²) in [6.45, 7) is 0.205. The Morgan fingerprint density at radius 3 is 2.83 bits per heavy atom. The minimum absolute atomic E-state index is 0.126. The first-order chi connectivity index (χ1) is 8.65. The average Bonchev–Trinajstić information content (AvgIpc) is 2.84. The summed E-state index contributed by atoms with van der Waals surface area (Å²) in [6.07, 6.45) is 4.64. The Balaban J connectivity index is 1.84. The summed E-state index contributed by atoms with van der Waals surface area (Å²) >= 11 is 5.75. The molecule has 2 rings (SSSR count). The van der Waals surface area contributed by atoms with Crippen molar-refractivity contribution in [2.24, 2.45) is 0 Å². The standard InChI is InChI=1S/C13H16ClFN2O/c14-9-5-6-11(15)12(7-9)17-13(18)8-16-10-3-1-2-4-10/h5-7,10,16H,1-4,8H2,(H,17,18). The van der Waals surface area contributed by atoms with Gasteiger partial charge in [0.05, 0.1) is 12.2 Å². The van der Waals surface area contributed by atoms with Gasteiger partial charge in [0.25, 0.3) is 0 Å². The number of amides is 1. The number of anilines is 1. The fourth-order valence-corrected chi connectivity index (χ4v) is 2.33. The van der Waals surface area contributed by atoms with E-state index < -0.39 is 5.82 Å². The van der Waals surface area contributed by atoms with Gasteiger partial charge in [0.2, 0.25) is 5.91 Å². The van der Waals surface area contributed by atoms with Crippen LogP contribution in [0.4, 0.5) is 10.1 Å². The first-order valence-corrected chi connectivity index (χ1v) is 6.51. The molecular formula is C13H16ClFN2O. The highest BCUT2D eigenvalue weighted by Gasteiger charge is 2.15. The second-order valence-corrected chi connectivity index (χ2v) is 4.97. The molecule has 5 heteroatoms. The van der Waals surface area contributed by atoms with E-state index in [4.69, 9.17) is 11.6 Å². The number of rotatable bonds is 4. The highest BCUT2D eigenvalue weighted by atomic mass is 35.5. The summed E-state index contributed by atoms with van der Waals surface area (Å²) in [6, 6.07) is 4.51. The van der Waals surface area contributed by atoms with Gasteiger partial charge in [0.15, 0.2) is 0 Å². The minimum atomic E-state index is -0.478. The Bertz CT molecular complexity index is 433. The molecule has 1 fully saturated rings. The fraction of sp³-hybridized carbons (Fsp3) is 0.462. The predicted octanol–water partition coefficient (Wildman–Crippen LogP) is 2.95. The van der Waals surface area contributed by atoms with Gasteiger partial charge in [-0.25, -0.2) is 4.39 Å². The van der Waals surface area contributed by atoms with E-state index in [1.165, 1.54) is 31.0 Å². The summed E-state index contributed by atoms with van der Waals surface area (Å²) in [5.41, 5.74) is 0.126. The van der Waals surface area contributed by atoms with Crippen molar-refractivity contribution in [1.29, 1.82) is 0 Å². The third kappa shape index (κ3) is 3.68. The normalized spacial score (nSPS) is 15.9. The molecule has 0 aromatic heterocycles. The number of halogens is 2. The van der Waals surface area contributed by atoms with E-state index in [2.05, 4.69) is 10.6 Å². The van der Waals surface area contributed by atoms with E-state index in [9.17, 15) is 9.18 Å². The molecule has 0 atom stereocenters. The maximum Gasteiger partial charge on any atom is 0.238 e. The smallest absolute Gasteiger partial charge is 0.238 e. The molecule has 1 aromatic carbocycles. The van der Waals surface area contributed by atoms with Gasteiger partial charge in [-0.3, -0.25) is 4.79 Å². The molecule has 0 radical (unpaired) electrons. The Labute approximate surface area is 111 Å². The third-order valence-electron chi connectivity index (χ3n) is 3.11. The van der Waals surface area contributed by atoms with E-state index in [1.807, 2.05) is 0 Å². The molecule has 0 spiro atoms. The first-order valence-electron chi connectivity index (χ1n) is 6.13. The van der Waals surface area contributed by atoms with Crippen LogP contribution in [0.1, 0.15) is 25.7 Å². The van der Waals surface area contributed by atoms with Crippen LogP contribution in [0.5, 0.6) is 0 Å². The van der Waals surface area contributed by atoms with Crippen LogP contribution in [0.3, 0.4) is 0 Å². The predicted molar refractivity (Wildman–Crippen MR) is 70.3 cm³/mol. The molecule has 98 valence electrons. The second-order valence-electron chi connectivity index (χ2n) is 4.53. The molecule has 0 saturated heterocycles. The Hall–Kier alpha value is -1.13. The maximum atomic E-state index is 13.4. The lowest BCUT2D eigenvalue weighted by molar-refractivity contribution is -0.115. The fourth-order valence-electron chi connectivity index (χ4n) is 2.15. The van der Waals surface area contributed by atoms with Crippen LogP contribution in [-0.4, -0.2) is 18.5 Å². The number of carbonyl (C=O) groups is 1. The Morgan fingerprint density at radius 2 is 2.11 bits per heavy atom. The number of carbonyl (C=O) groups excluding carboxylic acids is 1. The molecule has 0 bridgehead atoms. The molecule has 1 aromatic rings. The molecule has 1 saturated carbocycles. The van der Waals surface area contributed by atoms with E-state index in [1.54, 1.807) is 0 Å². The van der Waals surface area contributed by atoms with Crippen molar-refractivity contribution >= 4 is 23.2 Å². The summed E-state index contributed by atoms with van der Waals surface area (Å²) < 4.78 is 13.4. The number of benzene rings is 1. The minimum Gasteiger partial charge on any atom is -0.322 e. The van der Waals surface area contributed by atoms with Crippen LogP contribution < -0.4 is 10.6 Å². The van der Waals surface area contributed by atoms with Crippen LogP contribution in [0, 0.1) is 5.82 Å². The zero-order valence-electron chi connectivity index (χ0n) is 10.0. The maximum absolute atomic E-state index is 13.4. The molecule has 1 amide bonds. The molecule has 0 unspecified atom stereocenters. The average molecular weight is 271 g/mol. The van der Waals surface area contributed by atoms with E-state index in [0.29, 0.717) is 11.1 Å². The Morgan fingerprint density at radius 1 is 1.39 bits per heavy atom. The monoisotopic (exact) mass is 270 g/mol. The molecule has 2 N–H and O–H groups in total. The quantitative estimate of drug-likeness (QED) is 0.883. The van der Waals surface area contributed by atoms with Crippen molar-refractivity contribution in [2.45, 2.75) is 31.7 Å². The highest BCUT2D eigenvalue weighted by molar-refractivity contribution is 6.30. The molecule has 1 aliphatic carbocycles. The molecule has 0 aliphatic heterocycles. The van der Waals surface area contributed by atoms with Crippen molar-refractivity contribution in [3.63, 3.8) is 0 Å².